The van der Waals surface area contributed by atoms with Crippen LogP contribution in [0, 0.1) is 5.82 Å². The van der Waals surface area contributed by atoms with Crippen LogP contribution in [-0.2, 0) is 4.74 Å². The van der Waals surface area contributed by atoms with Crippen LogP contribution >= 0.6 is 39.0 Å². The van der Waals surface area contributed by atoms with Crippen molar-refractivity contribution in [1.82, 2.24) is 15.0 Å². The molecule has 0 unspecified atom stereocenters. The summed E-state index contributed by atoms with van der Waals surface area (Å²) in [5, 5.41) is 3.86. The third-order valence-corrected chi connectivity index (χ3v) is 6.30. The van der Waals surface area contributed by atoms with Gasteiger partial charge in [0.15, 0.2) is 5.13 Å². The summed E-state index contributed by atoms with van der Waals surface area (Å²) in [5.41, 5.74) is 0.955. The van der Waals surface area contributed by atoms with Crippen LogP contribution in [0.4, 0.5) is 15.3 Å². The molecular weight excluding hydrogens is 491 g/mol. The predicted octanol–water partition coefficient (Wildman–Crippen LogP) is 6.06. The van der Waals surface area contributed by atoms with Crippen molar-refractivity contribution in [2.24, 2.45) is 0 Å². The van der Waals surface area contributed by atoms with Crippen molar-refractivity contribution in [3.05, 3.63) is 64.6 Å². The van der Waals surface area contributed by atoms with Gasteiger partial charge >= 0.3 is 5.97 Å². The van der Waals surface area contributed by atoms with Crippen molar-refractivity contribution >= 4 is 66.3 Å². The molecule has 0 aliphatic carbocycles. The number of benzene rings is 1. The molecule has 6 nitrogen and oxygen atoms in total. The van der Waals surface area contributed by atoms with E-state index in [-0.39, 0.29) is 12.2 Å². The summed E-state index contributed by atoms with van der Waals surface area (Å²) in [6.07, 6.45) is 3.38. The average Bonchev–Trinajstić information content (AvgIpc) is 3.14. The normalized spacial score (nSPS) is 10.9. The summed E-state index contributed by atoms with van der Waals surface area (Å²) in [7, 11) is 0. The number of esters is 1. The first-order valence-corrected chi connectivity index (χ1v) is 11.2. The Morgan fingerprint density at radius 3 is 2.93 bits per heavy atom. The number of thiazole rings is 1. The molecule has 1 aromatic carbocycles. The number of halogens is 2. The lowest BCUT2D eigenvalue weighted by atomic mass is 10.2. The Morgan fingerprint density at radius 1 is 1.27 bits per heavy atom. The summed E-state index contributed by atoms with van der Waals surface area (Å²) in [4.78, 5) is 27.7. The van der Waals surface area contributed by atoms with Gasteiger partial charge in [-0.25, -0.2) is 24.1 Å². The molecule has 0 radical (unpaired) electrons. The van der Waals surface area contributed by atoms with E-state index in [9.17, 15) is 9.18 Å². The van der Waals surface area contributed by atoms with Gasteiger partial charge in [-0.1, -0.05) is 23.1 Å². The Balaban J connectivity index is 1.68. The fourth-order valence-corrected chi connectivity index (χ4v) is 4.90. The lowest BCUT2D eigenvalue weighted by Crippen LogP contribution is -2.07. The van der Waals surface area contributed by atoms with Crippen LogP contribution in [-0.4, -0.2) is 27.5 Å². The van der Waals surface area contributed by atoms with Gasteiger partial charge in [0.05, 0.1) is 17.1 Å². The van der Waals surface area contributed by atoms with Crippen LogP contribution < -0.4 is 5.32 Å². The maximum atomic E-state index is 13.8. The van der Waals surface area contributed by atoms with E-state index in [1.165, 1.54) is 35.2 Å². The lowest BCUT2D eigenvalue weighted by Gasteiger charge is -2.12. The van der Waals surface area contributed by atoms with Crippen molar-refractivity contribution < 1.29 is 13.9 Å². The van der Waals surface area contributed by atoms with Gasteiger partial charge < -0.3 is 10.1 Å². The highest BCUT2D eigenvalue weighted by molar-refractivity contribution is 9.10. The van der Waals surface area contributed by atoms with Crippen molar-refractivity contribution in [3.8, 4) is 0 Å². The lowest BCUT2D eigenvalue weighted by molar-refractivity contribution is 0.0521. The van der Waals surface area contributed by atoms with E-state index < -0.39 is 11.8 Å². The molecule has 4 rings (SSSR count). The van der Waals surface area contributed by atoms with Crippen LogP contribution in [0.5, 0.6) is 0 Å². The van der Waals surface area contributed by atoms with E-state index in [0.29, 0.717) is 15.8 Å². The zero-order valence-electron chi connectivity index (χ0n) is 15.6. The molecule has 0 atom stereocenters. The topological polar surface area (TPSA) is 77.0 Å². The molecule has 0 amide bonds. The van der Waals surface area contributed by atoms with Crippen LogP contribution in [0.15, 0.2) is 63.1 Å². The van der Waals surface area contributed by atoms with E-state index in [0.717, 1.165) is 19.7 Å². The van der Waals surface area contributed by atoms with Crippen molar-refractivity contribution in [2.45, 2.75) is 16.7 Å². The van der Waals surface area contributed by atoms with Crippen LogP contribution in [0.1, 0.15) is 17.3 Å². The van der Waals surface area contributed by atoms with E-state index in [1.807, 2.05) is 18.2 Å². The summed E-state index contributed by atoms with van der Waals surface area (Å²) < 4.78 is 19.6. The summed E-state index contributed by atoms with van der Waals surface area (Å²) in [6, 6.07) is 9.62. The standard InChI is InChI=1S/C20H14BrFN4O2S2/c1-2-28-19(27)13-9-12(22)5-6-15(13)29-16-8-11(21)10-24-17(16)26-20-25-14-4-3-7-23-18(14)30-20/h3-10H,2H2,1H3,(H,24,25,26). The highest BCUT2D eigenvalue weighted by Crippen LogP contribution is 2.38. The maximum absolute atomic E-state index is 13.8. The summed E-state index contributed by atoms with van der Waals surface area (Å²) in [5.74, 6) is -0.523. The fourth-order valence-electron chi connectivity index (χ4n) is 2.60. The average molecular weight is 505 g/mol. The second kappa shape index (κ2) is 9.07. The number of ether oxygens (including phenoxy) is 1. The van der Waals surface area contributed by atoms with Gasteiger partial charge in [0.2, 0.25) is 0 Å². The quantitative estimate of drug-likeness (QED) is 0.319. The molecule has 0 aliphatic rings. The van der Waals surface area contributed by atoms with Gasteiger partial charge in [0.25, 0.3) is 0 Å². The van der Waals surface area contributed by atoms with Gasteiger partial charge in [-0.05, 0) is 59.3 Å². The molecule has 3 aromatic heterocycles. The molecule has 10 heteroatoms. The molecule has 152 valence electrons. The van der Waals surface area contributed by atoms with Gasteiger partial charge in [0, 0.05) is 21.8 Å². The number of hydrogen-bond donors (Lipinski definition) is 1. The Morgan fingerprint density at radius 2 is 2.13 bits per heavy atom. The minimum atomic E-state index is -0.575. The van der Waals surface area contributed by atoms with Crippen molar-refractivity contribution in [3.63, 3.8) is 0 Å². The van der Waals surface area contributed by atoms with Crippen LogP contribution in [0.25, 0.3) is 10.3 Å². The van der Waals surface area contributed by atoms with Crippen molar-refractivity contribution in [2.75, 3.05) is 11.9 Å². The minimum absolute atomic E-state index is 0.164. The number of pyridine rings is 2. The number of hydrogen-bond acceptors (Lipinski definition) is 8. The van der Waals surface area contributed by atoms with Crippen molar-refractivity contribution in [1.29, 1.82) is 0 Å². The van der Waals surface area contributed by atoms with Gasteiger partial charge in [-0.3, -0.25) is 0 Å². The molecule has 0 fully saturated rings. The number of nitrogens with zero attached hydrogens (tertiary/aromatic N) is 3. The van der Waals surface area contributed by atoms with Crippen LogP contribution in [0.3, 0.4) is 0 Å². The number of carbonyl (C=O) groups is 1. The monoisotopic (exact) mass is 504 g/mol. The second-order valence-electron chi connectivity index (χ2n) is 5.93. The Hall–Kier alpha value is -2.56. The summed E-state index contributed by atoms with van der Waals surface area (Å²) in [6.45, 7) is 1.91. The molecule has 1 N–H and O–H groups in total. The smallest absolute Gasteiger partial charge is 0.339 e. The molecule has 30 heavy (non-hydrogen) atoms. The number of rotatable bonds is 6. The van der Waals surface area contributed by atoms with Gasteiger partial charge in [-0.2, -0.15) is 0 Å². The van der Waals surface area contributed by atoms with Gasteiger partial charge in [-0.15, -0.1) is 0 Å². The molecule has 0 spiro atoms. The molecule has 0 bridgehead atoms. The molecule has 4 aromatic rings. The fraction of sp³-hybridized carbons (Fsp3) is 0.100. The highest BCUT2D eigenvalue weighted by atomic mass is 79.9. The number of carbonyl (C=O) groups excluding carboxylic acids is 1. The Kier molecular flexibility index (Phi) is 6.26. The number of aromatic nitrogens is 3. The van der Waals surface area contributed by atoms with Crippen LogP contribution in [0.2, 0.25) is 0 Å². The van der Waals surface area contributed by atoms with E-state index in [1.54, 1.807) is 25.4 Å². The molecule has 0 saturated heterocycles. The first kappa shape index (κ1) is 20.7. The Bertz CT molecular complexity index is 1200. The molecule has 0 saturated carbocycles. The maximum Gasteiger partial charge on any atom is 0.339 e. The third-order valence-electron chi connectivity index (χ3n) is 3.87. The minimum Gasteiger partial charge on any atom is -0.462 e. The third kappa shape index (κ3) is 4.61. The van der Waals surface area contributed by atoms with Gasteiger partial charge in [0.1, 0.15) is 22.0 Å². The second-order valence-corrected chi connectivity index (χ2v) is 8.91. The number of anilines is 2. The highest BCUT2D eigenvalue weighted by Gasteiger charge is 2.17. The van der Waals surface area contributed by atoms with E-state index in [2.05, 4.69) is 36.2 Å². The zero-order chi connectivity index (χ0) is 21.1. The number of nitrogens with one attached hydrogen (secondary N) is 1. The SMILES string of the molecule is CCOC(=O)c1cc(F)ccc1Sc1cc(Br)cnc1Nc1nc2cccnc2s1. The first-order valence-electron chi connectivity index (χ1n) is 8.82. The summed E-state index contributed by atoms with van der Waals surface area (Å²) >= 11 is 6.12. The molecule has 0 aliphatic heterocycles. The van der Waals surface area contributed by atoms with E-state index in [4.69, 9.17) is 4.74 Å². The Labute approximate surface area is 188 Å². The number of fused-ring (bicyclic) bond motifs is 1. The molecular formula is C20H14BrFN4O2S2. The molecule has 3 heterocycles. The van der Waals surface area contributed by atoms with E-state index >= 15 is 0 Å². The zero-order valence-corrected chi connectivity index (χ0v) is 18.8. The predicted molar refractivity (Wildman–Crippen MR) is 119 cm³/mol. The largest absolute Gasteiger partial charge is 0.462 e. The first-order chi connectivity index (χ1) is 14.5.